The molecule has 1 aliphatic rings. The Morgan fingerprint density at radius 1 is 1.03 bits per heavy atom. The van der Waals surface area contributed by atoms with E-state index in [-0.39, 0.29) is 10.5 Å². The Morgan fingerprint density at radius 2 is 1.83 bits per heavy atom. The first kappa shape index (κ1) is 19.6. The number of amides is 1. The van der Waals surface area contributed by atoms with Crippen LogP contribution >= 0.6 is 11.6 Å². The molecule has 8 heteroatoms. The van der Waals surface area contributed by atoms with Gasteiger partial charge in [0.1, 0.15) is 5.82 Å². The van der Waals surface area contributed by atoms with E-state index >= 15 is 0 Å². The van der Waals surface area contributed by atoms with Crippen molar-refractivity contribution in [3.05, 3.63) is 88.6 Å². The second-order valence-electron chi connectivity index (χ2n) is 6.70. The highest BCUT2D eigenvalue weighted by Gasteiger charge is 2.28. The molecule has 0 spiro atoms. The number of benzene rings is 2. The molecule has 148 valence electrons. The van der Waals surface area contributed by atoms with Gasteiger partial charge in [0.25, 0.3) is 5.91 Å². The van der Waals surface area contributed by atoms with Crippen LogP contribution in [0.15, 0.2) is 71.8 Å². The minimum Gasteiger partial charge on any atom is -0.307 e. The maximum atomic E-state index is 13.1. The average Bonchev–Trinajstić information content (AvgIpc) is 2.75. The van der Waals surface area contributed by atoms with E-state index in [9.17, 15) is 13.2 Å². The van der Waals surface area contributed by atoms with Gasteiger partial charge >= 0.3 is 0 Å². The molecule has 6 nitrogen and oxygen atoms in total. The van der Waals surface area contributed by atoms with E-state index < -0.39 is 15.9 Å². The summed E-state index contributed by atoms with van der Waals surface area (Å²) in [6.45, 7) is 0.730. The van der Waals surface area contributed by atoms with Gasteiger partial charge in [-0.1, -0.05) is 41.9 Å². The number of pyridine rings is 1. The number of anilines is 1. The van der Waals surface area contributed by atoms with Gasteiger partial charge in [-0.15, -0.1) is 0 Å². The number of fused-ring (bicyclic) bond motifs is 1. The Bertz CT molecular complexity index is 1160. The summed E-state index contributed by atoms with van der Waals surface area (Å²) >= 11 is 5.80. The van der Waals surface area contributed by atoms with Gasteiger partial charge in [0.05, 0.1) is 9.92 Å². The fourth-order valence-corrected chi connectivity index (χ4v) is 4.84. The molecular weight excluding hydrogens is 410 g/mol. The summed E-state index contributed by atoms with van der Waals surface area (Å²) in [5.41, 5.74) is 2.41. The Hall–Kier alpha value is -2.74. The van der Waals surface area contributed by atoms with Crippen LogP contribution in [0.2, 0.25) is 5.02 Å². The molecule has 1 aliphatic heterocycles. The van der Waals surface area contributed by atoms with E-state index in [1.807, 2.05) is 24.3 Å². The van der Waals surface area contributed by atoms with Crippen molar-refractivity contribution in [3.8, 4) is 0 Å². The number of rotatable bonds is 4. The third kappa shape index (κ3) is 4.17. The molecular formula is C21H18ClN3O3S. The van der Waals surface area contributed by atoms with Gasteiger partial charge in [-0.2, -0.15) is 4.31 Å². The number of carbonyl (C=O) groups is 1. The van der Waals surface area contributed by atoms with Crippen molar-refractivity contribution in [2.75, 3.05) is 11.9 Å². The van der Waals surface area contributed by atoms with Gasteiger partial charge < -0.3 is 5.32 Å². The third-order valence-corrected chi connectivity index (χ3v) is 6.86. The van der Waals surface area contributed by atoms with Crippen LogP contribution < -0.4 is 5.32 Å². The van der Waals surface area contributed by atoms with Gasteiger partial charge in [0, 0.05) is 24.8 Å². The van der Waals surface area contributed by atoms with E-state index in [2.05, 4.69) is 10.3 Å². The fourth-order valence-electron chi connectivity index (χ4n) is 3.26. The molecule has 0 atom stereocenters. The lowest BCUT2D eigenvalue weighted by atomic mass is 10.0. The Kier molecular flexibility index (Phi) is 5.36. The number of nitrogens with zero attached hydrogens (tertiary/aromatic N) is 2. The van der Waals surface area contributed by atoms with Crippen molar-refractivity contribution in [1.29, 1.82) is 0 Å². The Labute approximate surface area is 174 Å². The number of hydrogen-bond donors (Lipinski definition) is 1. The predicted octanol–water partition coefficient (Wildman–Crippen LogP) is 3.73. The van der Waals surface area contributed by atoms with Crippen molar-refractivity contribution in [1.82, 2.24) is 9.29 Å². The van der Waals surface area contributed by atoms with Gasteiger partial charge in [0.2, 0.25) is 10.0 Å². The van der Waals surface area contributed by atoms with Crippen LogP contribution in [0.1, 0.15) is 21.5 Å². The summed E-state index contributed by atoms with van der Waals surface area (Å²) in [5, 5.41) is 3.10. The zero-order valence-corrected chi connectivity index (χ0v) is 16.9. The molecule has 2 heterocycles. The van der Waals surface area contributed by atoms with Gasteiger partial charge in [-0.05, 0) is 47.9 Å². The quantitative estimate of drug-likeness (QED) is 0.688. The lowest BCUT2D eigenvalue weighted by molar-refractivity contribution is 0.102. The summed E-state index contributed by atoms with van der Waals surface area (Å²) in [6, 6.07) is 17.0. The lowest BCUT2D eigenvalue weighted by Crippen LogP contribution is -2.36. The number of carbonyl (C=O) groups excluding carboxylic acids is 1. The second-order valence-corrected chi connectivity index (χ2v) is 9.08. The highest BCUT2D eigenvalue weighted by Crippen LogP contribution is 2.25. The molecule has 1 N–H and O–H groups in total. The maximum absolute atomic E-state index is 13.1. The molecule has 4 rings (SSSR count). The van der Waals surface area contributed by atoms with Gasteiger partial charge in [-0.3, -0.25) is 4.79 Å². The summed E-state index contributed by atoms with van der Waals surface area (Å²) in [4.78, 5) is 16.6. The van der Waals surface area contributed by atoms with E-state index in [0.717, 1.165) is 5.56 Å². The number of aromatic nitrogens is 1. The van der Waals surface area contributed by atoms with Crippen LogP contribution in [-0.4, -0.2) is 30.2 Å². The minimum atomic E-state index is -3.72. The van der Waals surface area contributed by atoms with Crippen molar-refractivity contribution >= 4 is 33.3 Å². The SMILES string of the molecule is O=C(Nc1ccc(Cl)cn1)c1cccc(S(=O)(=O)N2CCc3ccccc3C2)c1. The van der Waals surface area contributed by atoms with Crippen molar-refractivity contribution in [3.63, 3.8) is 0 Å². The zero-order valence-electron chi connectivity index (χ0n) is 15.4. The lowest BCUT2D eigenvalue weighted by Gasteiger charge is -2.28. The molecule has 3 aromatic rings. The van der Waals surface area contributed by atoms with E-state index in [0.29, 0.717) is 30.4 Å². The summed E-state index contributed by atoms with van der Waals surface area (Å²) in [7, 11) is -3.72. The van der Waals surface area contributed by atoms with Crippen LogP contribution in [0, 0.1) is 0 Å². The monoisotopic (exact) mass is 427 g/mol. The Morgan fingerprint density at radius 3 is 2.59 bits per heavy atom. The predicted molar refractivity (Wildman–Crippen MR) is 111 cm³/mol. The molecule has 0 radical (unpaired) electrons. The first-order valence-electron chi connectivity index (χ1n) is 9.03. The smallest absolute Gasteiger partial charge is 0.256 e. The van der Waals surface area contributed by atoms with Crippen LogP contribution in [0.3, 0.4) is 0 Å². The maximum Gasteiger partial charge on any atom is 0.256 e. The average molecular weight is 428 g/mol. The van der Waals surface area contributed by atoms with Crippen LogP contribution in [0.25, 0.3) is 0 Å². The van der Waals surface area contributed by atoms with Gasteiger partial charge in [-0.25, -0.2) is 13.4 Å². The van der Waals surface area contributed by atoms with Crippen LogP contribution in [0.4, 0.5) is 5.82 Å². The van der Waals surface area contributed by atoms with Crippen molar-refractivity contribution < 1.29 is 13.2 Å². The normalized spacial score (nSPS) is 14.2. The van der Waals surface area contributed by atoms with Crippen LogP contribution in [0.5, 0.6) is 0 Å². The fraction of sp³-hybridized carbons (Fsp3) is 0.143. The van der Waals surface area contributed by atoms with Crippen molar-refractivity contribution in [2.45, 2.75) is 17.9 Å². The first-order chi connectivity index (χ1) is 13.9. The number of sulfonamides is 1. The number of halogens is 1. The highest BCUT2D eigenvalue weighted by atomic mass is 35.5. The van der Waals surface area contributed by atoms with E-state index in [1.54, 1.807) is 24.3 Å². The molecule has 29 heavy (non-hydrogen) atoms. The first-order valence-corrected chi connectivity index (χ1v) is 10.9. The number of hydrogen-bond acceptors (Lipinski definition) is 4. The van der Waals surface area contributed by atoms with E-state index in [4.69, 9.17) is 11.6 Å². The van der Waals surface area contributed by atoms with Crippen molar-refractivity contribution in [2.24, 2.45) is 0 Å². The molecule has 0 unspecified atom stereocenters. The molecule has 1 aromatic heterocycles. The van der Waals surface area contributed by atoms with Gasteiger partial charge in [0.15, 0.2) is 0 Å². The molecule has 0 bridgehead atoms. The second kappa shape index (κ2) is 7.94. The summed E-state index contributed by atoms with van der Waals surface area (Å²) in [5.74, 6) is -0.110. The third-order valence-electron chi connectivity index (χ3n) is 4.80. The zero-order chi connectivity index (χ0) is 20.4. The van der Waals surface area contributed by atoms with Crippen LogP contribution in [-0.2, 0) is 23.0 Å². The molecule has 0 saturated carbocycles. The minimum absolute atomic E-state index is 0.0913. The summed E-state index contributed by atoms with van der Waals surface area (Å²) in [6.07, 6.45) is 2.09. The standard InChI is InChI=1S/C21H18ClN3O3S/c22-18-8-9-20(23-13-18)24-21(26)16-6-3-7-19(12-16)29(27,28)25-11-10-15-4-1-2-5-17(15)14-25/h1-9,12-13H,10-11,14H2,(H,23,24,26). The molecule has 1 amide bonds. The summed E-state index contributed by atoms with van der Waals surface area (Å²) < 4.78 is 27.7. The molecule has 0 saturated heterocycles. The molecule has 2 aromatic carbocycles. The largest absolute Gasteiger partial charge is 0.307 e. The topological polar surface area (TPSA) is 79.4 Å². The number of nitrogens with one attached hydrogen (secondary N) is 1. The van der Waals surface area contributed by atoms with E-state index in [1.165, 1.54) is 28.2 Å². The molecule has 0 aliphatic carbocycles. The highest BCUT2D eigenvalue weighted by molar-refractivity contribution is 7.89. The molecule has 0 fully saturated rings. The Balaban J connectivity index is 1.56.